The van der Waals surface area contributed by atoms with Crippen LogP contribution >= 0.6 is 15.9 Å². The monoisotopic (exact) mass is 337 g/mol. The highest BCUT2D eigenvalue weighted by molar-refractivity contribution is 9.10. The summed E-state index contributed by atoms with van der Waals surface area (Å²) in [6, 6.07) is 9.77. The molecular formula is C14H16BrN3O2. The molecule has 0 radical (unpaired) electrons. The minimum atomic E-state index is -0.534. The second-order valence-corrected chi connectivity index (χ2v) is 5.32. The number of nitrogens with zero attached hydrogens (tertiary/aromatic N) is 2. The molecule has 0 saturated heterocycles. The number of nitrogens with one attached hydrogen (secondary N) is 1. The maximum Gasteiger partial charge on any atom is 0.282 e. The first kappa shape index (κ1) is 14.7. The number of aromatic nitrogens is 2. The molecule has 0 aliphatic heterocycles. The number of hydrogen-bond donors (Lipinski definition) is 2. The Hall–Kier alpha value is -1.66. The summed E-state index contributed by atoms with van der Waals surface area (Å²) in [7, 11) is 1.58. The number of benzene rings is 1. The molecule has 0 spiro atoms. The van der Waals surface area contributed by atoms with Crippen LogP contribution in [0.15, 0.2) is 45.8 Å². The van der Waals surface area contributed by atoms with Gasteiger partial charge in [0.2, 0.25) is 0 Å². The van der Waals surface area contributed by atoms with Gasteiger partial charge in [0.1, 0.15) is 4.47 Å². The van der Waals surface area contributed by atoms with E-state index in [1.165, 1.54) is 4.68 Å². The molecule has 0 aliphatic rings. The number of aliphatic hydroxyl groups is 1. The predicted octanol–water partition coefficient (Wildman–Crippen LogP) is 1.56. The third-order valence-electron chi connectivity index (χ3n) is 2.92. The van der Waals surface area contributed by atoms with Crippen LogP contribution in [0, 0.1) is 0 Å². The van der Waals surface area contributed by atoms with Crippen molar-refractivity contribution in [3.8, 4) is 0 Å². The molecule has 0 aliphatic carbocycles. The van der Waals surface area contributed by atoms with Crippen LogP contribution in [0.4, 0.5) is 5.69 Å². The van der Waals surface area contributed by atoms with Gasteiger partial charge < -0.3 is 10.4 Å². The van der Waals surface area contributed by atoms with Crippen LogP contribution in [0.25, 0.3) is 0 Å². The van der Waals surface area contributed by atoms with Crippen LogP contribution in [0.3, 0.4) is 0 Å². The topological polar surface area (TPSA) is 67.2 Å². The Labute approximate surface area is 125 Å². The van der Waals surface area contributed by atoms with Gasteiger partial charge in [-0.1, -0.05) is 30.3 Å². The molecule has 1 aromatic carbocycles. The van der Waals surface area contributed by atoms with Crippen molar-refractivity contribution >= 4 is 21.6 Å². The van der Waals surface area contributed by atoms with E-state index in [-0.39, 0.29) is 5.56 Å². The molecule has 1 heterocycles. The molecule has 1 atom stereocenters. The van der Waals surface area contributed by atoms with Crippen LogP contribution in [0.5, 0.6) is 0 Å². The summed E-state index contributed by atoms with van der Waals surface area (Å²) in [4.78, 5) is 11.7. The molecule has 2 rings (SSSR count). The van der Waals surface area contributed by atoms with E-state index in [0.29, 0.717) is 23.1 Å². The van der Waals surface area contributed by atoms with Gasteiger partial charge in [-0.25, -0.2) is 4.68 Å². The lowest BCUT2D eigenvalue weighted by Crippen LogP contribution is -2.25. The number of aryl methyl sites for hydroxylation is 1. The standard InChI is InChI=1S/C14H16BrN3O2/c1-18-14(20)13(15)12(9-17-18)16-8-11(19)7-10-5-3-2-4-6-10/h2-6,9,11,16,19H,7-8H2,1H3/t11-/m1/s1. The van der Waals surface area contributed by atoms with Crippen molar-refractivity contribution in [1.82, 2.24) is 9.78 Å². The number of anilines is 1. The maximum atomic E-state index is 11.7. The van der Waals surface area contributed by atoms with Crippen molar-refractivity contribution < 1.29 is 5.11 Å². The van der Waals surface area contributed by atoms with Crippen LogP contribution in [0.1, 0.15) is 5.56 Å². The van der Waals surface area contributed by atoms with E-state index in [2.05, 4.69) is 26.3 Å². The zero-order valence-electron chi connectivity index (χ0n) is 11.1. The second-order valence-electron chi connectivity index (χ2n) is 4.53. The largest absolute Gasteiger partial charge is 0.391 e. The minimum Gasteiger partial charge on any atom is -0.391 e. The highest BCUT2D eigenvalue weighted by atomic mass is 79.9. The number of rotatable bonds is 5. The lowest BCUT2D eigenvalue weighted by Gasteiger charge is -2.13. The molecule has 0 fully saturated rings. The van der Waals surface area contributed by atoms with Crippen molar-refractivity contribution in [2.24, 2.45) is 7.05 Å². The molecule has 2 N–H and O–H groups in total. The normalized spacial score (nSPS) is 12.2. The van der Waals surface area contributed by atoms with Crippen LogP contribution in [-0.2, 0) is 13.5 Å². The summed E-state index contributed by atoms with van der Waals surface area (Å²) in [6.45, 7) is 0.350. The maximum absolute atomic E-state index is 11.7. The van der Waals surface area contributed by atoms with Gasteiger partial charge in [-0.2, -0.15) is 5.10 Å². The van der Waals surface area contributed by atoms with E-state index in [0.717, 1.165) is 5.56 Å². The van der Waals surface area contributed by atoms with Crippen LogP contribution in [-0.4, -0.2) is 27.5 Å². The van der Waals surface area contributed by atoms with Gasteiger partial charge in [0, 0.05) is 20.0 Å². The lowest BCUT2D eigenvalue weighted by molar-refractivity contribution is 0.188. The van der Waals surface area contributed by atoms with Gasteiger partial charge in [-0.15, -0.1) is 0 Å². The average molecular weight is 338 g/mol. The van der Waals surface area contributed by atoms with E-state index >= 15 is 0 Å². The van der Waals surface area contributed by atoms with Crippen LogP contribution < -0.4 is 10.9 Å². The second kappa shape index (κ2) is 6.67. The van der Waals surface area contributed by atoms with Crippen LogP contribution in [0.2, 0.25) is 0 Å². The van der Waals surface area contributed by atoms with E-state index in [1.54, 1.807) is 13.2 Å². The first-order chi connectivity index (χ1) is 9.58. The van der Waals surface area contributed by atoms with E-state index in [9.17, 15) is 9.90 Å². The van der Waals surface area contributed by atoms with Crippen molar-refractivity contribution in [2.45, 2.75) is 12.5 Å². The zero-order chi connectivity index (χ0) is 14.5. The van der Waals surface area contributed by atoms with E-state index < -0.39 is 6.10 Å². The molecule has 106 valence electrons. The Morgan fingerprint density at radius 1 is 1.40 bits per heavy atom. The predicted molar refractivity (Wildman–Crippen MR) is 81.8 cm³/mol. The van der Waals surface area contributed by atoms with Crippen molar-refractivity contribution in [3.05, 3.63) is 56.9 Å². The average Bonchev–Trinajstić information content (AvgIpc) is 2.45. The minimum absolute atomic E-state index is 0.215. The summed E-state index contributed by atoms with van der Waals surface area (Å²) in [5.41, 5.74) is 1.44. The summed E-state index contributed by atoms with van der Waals surface area (Å²) in [5.74, 6) is 0. The summed E-state index contributed by atoms with van der Waals surface area (Å²) >= 11 is 3.23. The number of hydrogen-bond acceptors (Lipinski definition) is 4. The van der Waals surface area contributed by atoms with E-state index in [1.807, 2.05) is 30.3 Å². The molecule has 20 heavy (non-hydrogen) atoms. The third-order valence-corrected chi connectivity index (χ3v) is 3.69. The molecule has 5 nitrogen and oxygen atoms in total. The highest BCUT2D eigenvalue weighted by Crippen LogP contribution is 2.16. The Bertz CT molecular complexity index is 628. The quantitative estimate of drug-likeness (QED) is 0.868. The van der Waals surface area contributed by atoms with Gasteiger partial charge in [-0.3, -0.25) is 4.79 Å². The fourth-order valence-corrected chi connectivity index (χ4v) is 2.32. The molecule has 2 aromatic rings. The molecule has 1 aromatic heterocycles. The Morgan fingerprint density at radius 2 is 2.10 bits per heavy atom. The Balaban J connectivity index is 1.95. The van der Waals surface area contributed by atoms with E-state index in [4.69, 9.17) is 0 Å². The zero-order valence-corrected chi connectivity index (χ0v) is 12.7. The van der Waals surface area contributed by atoms with Gasteiger partial charge in [0.05, 0.1) is 18.0 Å². The highest BCUT2D eigenvalue weighted by Gasteiger charge is 2.09. The van der Waals surface area contributed by atoms with Gasteiger partial charge in [-0.05, 0) is 21.5 Å². The smallest absolute Gasteiger partial charge is 0.282 e. The molecular weight excluding hydrogens is 322 g/mol. The third kappa shape index (κ3) is 3.68. The Morgan fingerprint density at radius 3 is 2.80 bits per heavy atom. The molecule has 6 heteroatoms. The summed E-state index contributed by atoms with van der Waals surface area (Å²) in [5, 5.41) is 17.0. The summed E-state index contributed by atoms with van der Waals surface area (Å²) in [6.07, 6.45) is 1.58. The van der Waals surface area contributed by atoms with Gasteiger partial charge in [0.15, 0.2) is 0 Å². The van der Waals surface area contributed by atoms with Gasteiger partial charge in [0.25, 0.3) is 5.56 Å². The van der Waals surface area contributed by atoms with Crippen molar-refractivity contribution in [3.63, 3.8) is 0 Å². The van der Waals surface area contributed by atoms with Crippen molar-refractivity contribution in [2.75, 3.05) is 11.9 Å². The SMILES string of the molecule is Cn1ncc(NC[C@H](O)Cc2ccccc2)c(Br)c1=O. The molecule has 0 amide bonds. The lowest BCUT2D eigenvalue weighted by atomic mass is 10.1. The van der Waals surface area contributed by atoms with Crippen molar-refractivity contribution in [1.29, 1.82) is 0 Å². The molecule has 0 bridgehead atoms. The fourth-order valence-electron chi connectivity index (χ4n) is 1.82. The molecule has 0 saturated carbocycles. The first-order valence-electron chi connectivity index (χ1n) is 6.25. The fraction of sp³-hybridized carbons (Fsp3) is 0.286. The number of aliphatic hydroxyl groups excluding tert-OH is 1. The van der Waals surface area contributed by atoms with Gasteiger partial charge >= 0.3 is 0 Å². The Kier molecular flexibility index (Phi) is 4.92. The first-order valence-corrected chi connectivity index (χ1v) is 7.05. The number of halogens is 1. The summed E-state index contributed by atoms with van der Waals surface area (Å²) < 4.78 is 1.66. The molecule has 0 unspecified atom stereocenters.